The third-order valence-corrected chi connectivity index (χ3v) is 4.57. The molecule has 0 heterocycles. The maximum atomic E-state index is 12.2. The van der Waals surface area contributed by atoms with E-state index in [1.54, 1.807) is 6.92 Å². The smallest absolute Gasteiger partial charge is 0.348 e. The minimum Gasteiger partial charge on any atom is -0.461 e. The molecule has 1 fully saturated rings. The average molecular weight is 323 g/mol. The third kappa shape index (κ3) is 8.87. The first-order valence-electron chi connectivity index (χ1n) is 9.38. The Hall–Kier alpha value is -1.19. The monoisotopic (exact) mass is 323 g/mol. The summed E-state index contributed by atoms with van der Waals surface area (Å²) < 4.78 is 5.12. The summed E-state index contributed by atoms with van der Waals surface area (Å²) in [6, 6.07) is -0.431. The number of unbranched alkanes of at least 4 members (excludes halogenated alkanes) is 5. The van der Waals surface area contributed by atoms with E-state index in [1.807, 2.05) is 0 Å². The number of esters is 1. The summed E-state index contributed by atoms with van der Waals surface area (Å²) in [4.78, 5) is 27.9. The molecule has 0 spiro atoms. The van der Waals surface area contributed by atoms with Gasteiger partial charge in [0, 0.05) is 5.92 Å². The van der Waals surface area contributed by atoms with Crippen molar-refractivity contribution in [1.82, 2.24) is 0 Å². The normalized spacial score (nSPS) is 17.3. The van der Waals surface area contributed by atoms with Gasteiger partial charge in [0.1, 0.15) is 12.3 Å². The average Bonchev–Trinajstić information content (AvgIpc) is 2.59. The quantitative estimate of drug-likeness (QED) is 0.319. The van der Waals surface area contributed by atoms with E-state index in [0.29, 0.717) is 6.61 Å². The second-order valence-electron chi connectivity index (χ2n) is 6.63. The molecule has 0 aromatic heterocycles. The zero-order valence-electron chi connectivity index (χ0n) is 14.9. The Bertz CT molecular complexity index is 373. The molecule has 4 nitrogen and oxygen atoms in total. The van der Waals surface area contributed by atoms with Gasteiger partial charge < -0.3 is 4.74 Å². The van der Waals surface area contributed by atoms with Crippen molar-refractivity contribution in [3.63, 3.8) is 0 Å². The minimum absolute atomic E-state index is 0.134. The number of aliphatic imine (C=N–C) groups is 1. The summed E-state index contributed by atoms with van der Waals surface area (Å²) in [5.41, 5.74) is 0. The van der Waals surface area contributed by atoms with Crippen LogP contribution in [-0.2, 0) is 14.3 Å². The Morgan fingerprint density at radius 2 is 1.74 bits per heavy atom. The number of rotatable bonds is 11. The minimum atomic E-state index is -0.431. The number of carbonyl (C=O) groups excluding carboxylic acids is 2. The number of carbonyl (C=O) groups is 2. The Morgan fingerprint density at radius 1 is 1.09 bits per heavy atom. The maximum absolute atomic E-state index is 12.2. The molecular formula is C19H33NO3. The van der Waals surface area contributed by atoms with E-state index in [0.717, 1.165) is 38.5 Å². The van der Waals surface area contributed by atoms with E-state index in [9.17, 15) is 9.59 Å². The van der Waals surface area contributed by atoms with Gasteiger partial charge in [-0.2, -0.15) is 0 Å². The fraction of sp³-hybridized carbons (Fsp3) is 0.842. The molecular weight excluding hydrogens is 290 g/mol. The molecule has 1 atom stereocenters. The highest BCUT2D eigenvalue weighted by atomic mass is 16.5. The van der Waals surface area contributed by atoms with Gasteiger partial charge in [-0.15, -0.1) is 0 Å². The summed E-state index contributed by atoms with van der Waals surface area (Å²) >= 11 is 0. The molecule has 0 radical (unpaired) electrons. The molecule has 0 aliphatic heterocycles. The van der Waals surface area contributed by atoms with Crippen LogP contribution >= 0.6 is 0 Å². The second-order valence-corrected chi connectivity index (χ2v) is 6.63. The van der Waals surface area contributed by atoms with E-state index in [2.05, 4.69) is 11.9 Å². The third-order valence-electron chi connectivity index (χ3n) is 4.57. The molecule has 4 heteroatoms. The van der Waals surface area contributed by atoms with Crippen molar-refractivity contribution in [2.24, 2.45) is 10.9 Å². The van der Waals surface area contributed by atoms with E-state index in [4.69, 9.17) is 4.74 Å². The fourth-order valence-electron chi connectivity index (χ4n) is 3.07. The van der Waals surface area contributed by atoms with E-state index >= 15 is 0 Å². The highest BCUT2D eigenvalue weighted by Crippen LogP contribution is 2.25. The van der Waals surface area contributed by atoms with Gasteiger partial charge in [0.05, 0.1) is 6.61 Å². The van der Waals surface area contributed by atoms with Crippen LogP contribution in [0.25, 0.3) is 0 Å². The van der Waals surface area contributed by atoms with E-state index in [1.165, 1.54) is 38.3 Å². The first-order valence-corrected chi connectivity index (χ1v) is 9.38. The first-order chi connectivity index (χ1) is 11.1. The predicted octanol–water partition coefficient (Wildman–Crippen LogP) is 4.50. The van der Waals surface area contributed by atoms with Crippen LogP contribution in [0.3, 0.4) is 0 Å². The Labute approximate surface area is 141 Å². The van der Waals surface area contributed by atoms with Crippen molar-refractivity contribution in [2.75, 3.05) is 6.61 Å². The molecule has 1 aliphatic carbocycles. The molecule has 0 amide bonds. The lowest BCUT2D eigenvalue weighted by Gasteiger charge is -2.21. The van der Waals surface area contributed by atoms with Crippen LogP contribution in [0.4, 0.5) is 0 Å². The van der Waals surface area contributed by atoms with Crippen molar-refractivity contribution < 1.29 is 14.3 Å². The highest BCUT2D eigenvalue weighted by molar-refractivity contribution is 6.23. The summed E-state index contributed by atoms with van der Waals surface area (Å²) in [6.45, 7) is 4.41. The van der Waals surface area contributed by atoms with Gasteiger partial charge in [-0.25, -0.2) is 4.79 Å². The molecule has 0 saturated heterocycles. The zero-order valence-corrected chi connectivity index (χ0v) is 14.9. The number of hydrogen-bond donors (Lipinski definition) is 0. The van der Waals surface area contributed by atoms with Crippen molar-refractivity contribution in [3.8, 4) is 0 Å². The largest absolute Gasteiger partial charge is 0.461 e. The van der Waals surface area contributed by atoms with Gasteiger partial charge in [-0.05, 0) is 26.2 Å². The Balaban J connectivity index is 2.14. The van der Waals surface area contributed by atoms with Crippen molar-refractivity contribution >= 4 is 18.0 Å². The molecule has 132 valence electrons. The second kappa shape index (κ2) is 12.3. The number of hydrogen-bond acceptors (Lipinski definition) is 4. The molecule has 23 heavy (non-hydrogen) atoms. The van der Waals surface area contributed by atoms with Crippen LogP contribution in [0.2, 0.25) is 0 Å². The highest BCUT2D eigenvalue weighted by Gasteiger charge is 2.24. The molecule has 0 unspecified atom stereocenters. The summed E-state index contributed by atoms with van der Waals surface area (Å²) in [5.74, 6) is -0.124. The molecule has 0 bridgehead atoms. The van der Waals surface area contributed by atoms with Crippen molar-refractivity contribution in [1.29, 1.82) is 0 Å². The van der Waals surface area contributed by atoms with Crippen molar-refractivity contribution in [3.05, 3.63) is 0 Å². The lowest BCUT2D eigenvalue weighted by molar-refractivity contribution is -0.135. The van der Waals surface area contributed by atoms with Crippen LogP contribution < -0.4 is 0 Å². The number of Topliss-reactive ketones (excluding diaryl/α,β-unsaturated/α-hetero) is 1. The van der Waals surface area contributed by atoms with Gasteiger partial charge in [0.15, 0.2) is 5.78 Å². The number of ketones is 1. The SMILES string of the molecule is CCCCCCCCOC(=O)C=N[C@@H](C)C(=O)C1CCCCC1. The Kier molecular flexibility index (Phi) is 10.6. The molecule has 0 N–H and O–H groups in total. The zero-order chi connectivity index (χ0) is 16.9. The fourth-order valence-corrected chi connectivity index (χ4v) is 3.07. The molecule has 0 aromatic carbocycles. The Morgan fingerprint density at radius 3 is 2.43 bits per heavy atom. The van der Waals surface area contributed by atoms with Crippen LogP contribution in [0.5, 0.6) is 0 Å². The van der Waals surface area contributed by atoms with E-state index < -0.39 is 12.0 Å². The predicted molar refractivity (Wildman–Crippen MR) is 93.9 cm³/mol. The van der Waals surface area contributed by atoms with Gasteiger partial charge in [0.2, 0.25) is 0 Å². The van der Waals surface area contributed by atoms with Gasteiger partial charge >= 0.3 is 5.97 Å². The van der Waals surface area contributed by atoms with Crippen LogP contribution in [0, 0.1) is 5.92 Å². The van der Waals surface area contributed by atoms with E-state index in [-0.39, 0.29) is 11.7 Å². The molecule has 1 saturated carbocycles. The maximum Gasteiger partial charge on any atom is 0.348 e. The first kappa shape index (κ1) is 19.9. The lowest BCUT2D eigenvalue weighted by atomic mass is 9.84. The summed E-state index contributed by atoms with van der Waals surface area (Å²) in [6.07, 6.45) is 13.6. The summed E-state index contributed by atoms with van der Waals surface area (Å²) in [7, 11) is 0. The van der Waals surface area contributed by atoms with Crippen LogP contribution in [0.1, 0.15) is 84.5 Å². The summed E-state index contributed by atoms with van der Waals surface area (Å²) in [5, 5.41) is 0. The number of ether oxygens (including phenoxy) is 1. The topological polar surface area (TPSA) is 55.7 Å². The lowest BCUT2D eigenvalue weighted by Crippen LogP contribution is -2.26. The van der Waals surface area contributed by atoms with Crippen LogP contribution in [0.15, 0.2) is 4.99 Å². The van der Waals surface area contributed by atoms with Crippen LogP contribution in [-0.4, -0.2) is 30.6 Å². The van der Waals surface area contributed by atoms with Gasteiger partial charge in [-0.3, -0.25) is 9.79 Å². The van der Waals surface area contributed by atoms with Crippen molar-refractivity contribution in [2.45, 2.75) is 90.5 Å². The molecule has 0 aromatic rings. The molecule has 1 rings (SSSR count). The number of nitrogens with zero attached hydrogens (tertiary/aromatic N) is 1. The standard InChI is InChI=1S/C19H33NO3/c1-3-4-5-6-7-11-14-23-18(21)15-20-16(2)19(22)17-12-9-8-10-13-17/h15-17H,3-14H2,1-2H3/t16-/m0/s1. The van der Waals surface area contributed by atoms with Gasteiger partial charge in [0.25, 0.3) is 0 Å². The molecule has 1 aliphatic rings. The van der Waals surface area contributed by atoms with Gasteiger partial charge in [-0.1, -0.05) is 58.3 Å².